The normalized spacial score (nSPS) is 15.5. The number of nitrogens with one attached hydrogen (secondary N) is 1. The first kappa shape index (κ1) is 27.8. The van der Waals surface area contributed by atoms with E-state index in [1.165, 1.54) is 21.0 Å². The second kappa shape index (κ2) is 13.0. The van der Waals surface area contributed by atoms with Crippen molar-refractivity contribution in [2.24, 2.45) is 0 Å². The molecule has 1 aliphatic rings. The molecular formula is C28H29ClN6O4S. The van der Waals surface area contributed by atoms with Gasteiger partial charge < -0.3 is 19.7 Å². The lowest BCUT2D eigenvalue weighted by molar-refractivity contribution is -0.142. The lowest BCUT2D eigenvalue weighted by Crippen LogP contribution is -2.45. The summed E-state index contributed by atoms with van der Waals surface area (Å²) in [5.41, 5.74) is 1.45. The number of hydrogen-bond donors (Lipinski definition) is 1. The molecule has 1 N–H and O–H groups in total. The van der Waals surface area contributed by atoms with Gasteiger partial charge in [-0.3, -0.25) is 9.59 Å². The van der Waals surface area contributed by atoms with Gasteiger partial charge in [0, 0.05) is 35.2 Å². The van der Waals surface area contributed by atoms with Crippen LogP contribution in [-0.2, 0) is 27.4 Å². The number of carbonyl (C=O) groups excluding carboxylic acids is 2. The zero-order valence-electron chi connectivity index (χ0n) is 21.9. The van der Waals surface area contributed by atoms with Crippen LogP contribution in [0, 0.1) is 0 Å². The molecule has 0 spiro atoms. The molecule has 1 saturated heterocycles. The third kappa shape index (κ3) is 6.67. The Kier molecular flexibility index (Phi) is 9.04. The number of methoxy groups -OCH3 is 1. The molecule has 2 atom stereocenters. The first-order valence-corrected chi connectivity index (χ1v) is 14.2. The molecule has 10 nitrogen and oxygen atoms in total. The summed E-state index contributed by atoms with van der Waals surface area (Å²) in [5, 5.41) is 18.0. The van der Waals surface area contributed by atoms with E-state index in [1.54, 1.807) is 25.3 Å². The number of carbonyl (C=O) groups is 2. The van der Waals surface area contributed by atoms with Gasteiger partial charge in [-0.25, -0.2) is 0 Å². The van der Waals surface area contributed by atoms with Gasteiger partial charge in [0.25, 0.3) is 0 Å². The van der Waals surface area contributed by atoms with Gasteiger partial charge in [-0.1, -0.05) is 35.9 Å². The smallest absolute Gasteiger partial charge is 0.248 e. The van der Waals surface area contributed by atoms with Gasteiger partial charge in [-0.2, -0.15) is 4.80 Å². The van der Waals surface area contributed by atoms with Crippen LogP contribution in [0.4, 0.5) is 0 Å². The van der Waals surface area contributed by atoms with Crippen molar-refractivity contribution >= 4 is 34.8 Å². The molecule has 208 valence electrons. The van der Waals surface area contributed by atoms with Crippen molar-refractivity contribution < 1.29 is 19.1 Å². The van der Waals surface area contributed by atoms with Crippen LogP contribution in [0.5, 0.6) is 5.75 Å². The standard InChI is InChI=1S/C28H29ClN6O4S/c1-38-21-12-10-19(11-13-21)27-31-33-35(32-27)18-25(36)34(17-20-6-2-3-8-23(20)29)26(24-9-5-15-40-24)28(37)30-16-22-7-4-14-39-22/h2-3,5-6,8-13,15,22,26H,4,7,14,16-18H2,1H3,(H,30,37)/t22-,26+/m0/s1. The minimum Gasteiger partial charge on any atom is -0.497 e. The maximum Gasteiger partial charge on any atom is 0.248 e. The van der Waals surface area contributed by atoms with E-state index < -0.39 is 6.04 Å². The molecular weight excluding hydrogens is 552 g/mol. The number of hydrogen-bond acceptors (Lipinski definition) is 8. The summed E-state index contributed by atoms with van der Waals surface area (Å²) in [7, 11) is 1.59. The molecule has 1 fully saturated rings. The van der Waals surface area contributed by atoms with Gasteiger partial charge in [-0.05, 0) is 65.4 Å². The number of amides is 2. The molecule has 5 rings (SSSR count). The summed E-state index contributed by atoms with van der Waals surface area (Å²) >= 11 is 7.89. The third-order valence-corrected chi connectivity index (χ3v) is 7.89. The van der Waals surface area contributed by atoms with Crippen LogP contribution in [0.1, 0.15) is 29.3 Å². The third-order valence-electron chi connectivity index (χ3n) is 6.60. The van der Waals surface area contributed by atoms with Crippen molar-refractivity contribution in [1.82, 2.24) is 30.4 Å². The molecule has 2 aromatic carbocycles. The van der Waals surface area contributed by atoms with Crippen molar-refractivity contribution in [3.8, 4) is 17.1 Å². The summed E-state index contributed by atoms with van der Waals surface area (Å²) in [6.45, 7) is 0.975. The molecule has 4 aromatic rings. The van der Waals surface area contributed by atoms with E-state index in [-0.39, 0.29) is 31.0 Å². The number of nitrogens with zero attached hydrogens (tertiary/aromatic N) is 5. The number of halogens is 1. The summed E-state index contributed by atoms with van der Waals surface area (Å²) in [4.78, 5) is 31.1. The maximum atomic E-state index is 13.9. The minimum absolute atomic E-state index is 0.0311. The zero-order valence-corrected chi connectivity index (χ0v) is 23.5. The van der Waals surface area contributed by atoms with Gasteiger partial charge in [-0.15, -0.1) is 21.5 Å². The fourth-order valence-corrected chi connectivity index (χ4v) is 5.53. The number of rotatable bonds is 11. The van der Waals surface area contributed by atoms with Crippen molar-refractivity contribution in [1.29, 1.82) is 0 Å². The minimum atomic E-state index is -0.880. The predicted molar refractivity (Wildman–Crippen MR) is 151 cm³/mol. The largest absolute Gasteiger partial charge is 0.497 e. The van der Waals surface area contributed by atoms with Crippen molar-refractivity contribution in [3.63, 3.8) is 0 Å². The fraction of sp³-hybridized carbons (Fsp3) is 0.321. The first-order valence-electron chi connectivity index (χ1n) is 12.9. The molecule has 12 heteroatoms. The fourth-order valence-electron chi connectivity index (χ4n) is 4.50. The number of ether oxygens (including phenoxy) is 2. The van der Waals surface area contributed by atoms with Crippen molar-refractivity contribution in [2.75, 3.05) is 20.3 Å². The van der Waals surface area contributed by atoms with Gasteiger partial charge in [0.1, 0.15) is 18.3 Å². The van der Waals surface area contributed by atoms with E-state index in [2.05, 4.69) is 20.7 Å². The van der Waals surface area contributed by atoms with Crippen LogP contribution in [-0.4, -0.2) is 63.3 Å². The molecule has 0 radical (unpaired) electrons. The Morgan fingerprint density at radius 2 is 2.02 bits per heavy atom. The predicted octanol–water partition coefficient (Wildman–Crippen LogP) is 4.13. The molecule has 2 amide bonds. The Morgan fingerprint density at radius 1 is 1.20 bits per heavy atom. The topological polar surface area (TPSA) is 111 Å². The van der Waals surface area contributed by atoms with Gasteiger partial charge in [0.15, 0.2) is 0 Å². The van der Waals surface area contributed by atoms with E-state index in [4.69, 9.17) is 21.1 Å². The quantitative estimate of drug-likeness (QED) is 0.284. The summed E-state index contributed by atoms with van der Waals surface area (Å²) < 4.78 is 10.9. The van der Waals surface area contributed by atoms with Gasteiger partial charge in [0.2, 0.25) is 17.6 Å². The van der Waals surface area contributed by atoms with E-state index in [0.717, 1.165) is 28.8 Å². The van der Waals surface area contributed by atoms with Crippen LogP contribution in [0.25, 0.3) is 11.4 Å². The molecule has 0 aliphatic carbocycles. The van der Waals surface area contributed by atoms with Crippen LogP contribution in [0.3, 0.4) is 0 Å². The van der Waals surface area contributed by atoms with Gasteiger partial charge >= 0.3 is 0 Å². The number of thiophene rings is 1. The highest BCUT2D eigenvalue weighted by molar-refractivity contribution is 7.10. The van der Waals surface area contributed by atoms with Crippen molar-refractivity contribution in [2.45, 2.75) is 38.1 Å². The average Bonchev–Trinajstić information content (AvgIpc) is 3.77. The Morgan fingerprint density at radius 3 is 2.73 bits per heavy atom. The molecule has 0 bridgehead atoms. The van der Waals surface area contributed by atoms with E-state index in [0.29, 0.717) is 29.7 Å². The highest BCUT2D eigenvalue weighted by Gasteiger charge is 2.34. The number of tetrazole rings is 1. The summed E-state index contributed by atoms with van der Waals surface area (Å²) in [6.07, 6.45) is 1.83. The maximum absolute atomic E-state index is 13.9. The Labute approximate surface area is 240 Å². The highest BCUT2D eigenvalue weighted by Crippen LogP contribution is 2.29. The Hall–Kier alpha value is -3.80. The monoisotopic (exact) mass is 580 g/mol. The van der Waals surface area contributed by atoms with Crippen LogP contribution >= 0.6 is 22.9 Å². The summed E-state index contributed by atoms with van der Waals surface area (Å²) in [5.74, 6) is 0.434. The molecule has 2 aromatic heterocycles. The van der Waals surface area contributed by atoms with E-state index >= 15 is 0 Å². The highest BCUT2D eigenvalue weighted by atomic mass is 35.5. The number of aromatic nitrogens is 4. The van der Waals surface area contributed by atoms with Crippen LogP contribution < -0.4 is 10.1 Å². The molecule has 3 heterocycles. The molecule has 1 aliphatic heterocycles. The zero-order chi connectivity index (χ0) is 27.9. The van der Waals surface area contributed by atoms with Crippen LogP contribution in [0.2, 0.25) is 5.02 Å². The van der Waals surface area contributed by atoms with Crippen molar-refractivity contribution in [3.05, 3.63) is 81.5 Å². The molecule has 0 unspecified atom stereocenters. The van der Waals surface area contributed by atoms with E-state index in [9.17, 15) is 9.59 Å². The first-order chi connectivity index (χ1) is 19.5. The lowest BCUT2D eigenvalue weighted by Gasteiger charge is -2.31. The van der Waals surface area contributed by atoms with Gasteiger partial charge in [0.05, 0.1) is 13.2 Å². The molecule has 0 saturated carbocycles. The van der Waals surface area contributed by atoms with E-state index in [1.807, 2.05) is 47.8 Å². The SMILES string of the molecule is COc1ccc(-c2nnn(CC(=O)N(Cc3ccccc3Cl)[C@@H](C(=O)NC[C@@H]3CCCO3)c3cccs3)n2)cc1. The molecule has 40 heavy (non-hydrogen) atoms. The average molecular weight is 581 g/mol. The Balaban J connectivity index is 1.41. The Bertz CT molecular complexity index is 1420. The second-order valence-corrected chi connectivity index (χ2v) is 10.7. The number of benzene rings is 2. The summed E-state index contributed by atoms with van der Waals surface area (Å²) in [6, 6.07) is 17.3. The lowest BCUT2D eigenvalue weighted by atomic mass is 10.1. The van der Waals surface area contributed by atoms with Crippen LogP contribution in [0.15, 0.2) is 66.0 Å². The second-order valence-electron chi connectivity index (χ2n) is 9.28.